The van der Waals surface area contributed by atoms with E-state index in [0.29, 0.717) is 17.1 Å². The van der Waals surface area contributed by atoms with Crippen molar-refractivity contribution in [3.63, 3.8) is 0 Å². The van der Waals surface area contributed by atoms with Crippen molar-refractivity contribution < 1.29 is 19.1 Å². The fourth-order valence-electron chi connectivity index (χ4n) is 3.63. The molecule has 160 valence electrons. The van der Waals surface area contributed by atoms with Gasteiger partial charge >= 0.3 is 5.97 Å². The lowest BCUT2D eigenvalue weighted by atomic mass is 10.0. The first-order chi connectivity index (χ1) is 15.0. The average Bonchev–Trinajstić information content (AvgIpc) is 2.82. The molecule has 2 N–H and O–H groups in total. The van der Waals surface area contributed by atoms with Crippen LogP contribution in [0.2, 0.25) is 0 Å². The van der Waals surface area contributed by atoms with Crippen molar-refractivity contribution in [2.24, 2.45) is 5.73 Å². The molecule has 0 saturated carbocycles. The number of nitrogens with zero attached hydrogens (tertiary/aromatic N) is 1. The maximum atomic E-state index is 13.4. The maximum Gasteiger partial charge on any atom is 0.356 e. The van der Waals surface area contributed by atoms with Crippen LogP contribution in [0.5, 0.6) is 0 Å². The van der Waals surface area contributed by atoms with E-state index in [4.69, 9.17) is 10.5 Å². The molecule has 0 aliphatic carbocycles. The van der Waals surface area contributed by atoms with Crippen molar-refractivity contribution in [1.29, 1.82) is 0 Å². The van der Waals surface area contributed by atoms with E-state index in [9.17, 15) is 14.4 Å². The summed E-state index contributed by atoms with van der Waals surface area (Å²) in [6.45, 7) is 1.87. The van der Waals surface area contributed by atoms with Gasteiger partial charge in [0.15, 0.2) is 6.10 Å². The molecule has 1 amide bonds. The smallest absolute Gasteiger partial charge is 0.356 e. The van der Waals surface area contributed by atoms with E-state index in [1.165, 1.54) is 16.7 Å². The first-order valence-corrected chi connectivity index (χ1v) is 12.0. The number of hydrogen-bond donors (Lipinski definition) is 1. The standard InChI is InChI=1S/C23H22N2O4S2/c1-2-30-23(28)16-13-31-21-17(24)20(26)25(21)18(16)22(27)29-19(14-9-5-3-6-10-14)15-11-7-4-8-12-15/h3-12,17,19,21H,2,13,24H2,1H3/t17?,21-/m0/s1. The highest BCUT2D eigenvalue weighted by molar-refractivity contribution is 8.14. The van der Waals surface area contributed by atoms with Crippen LogP contribution in [-0.4, -0.2) is 44.8 Å². The second-order valence-corrected chi connectivity index (χ2v) is 9.43. The molecule has 0 radical (unpaired) electrons. The second-order valence-electron chi connectivity index (χ2n) is 7.09. The molecule has 1 saturated heterocycles. The number of carbonyl (C=O) groups excluding carboxylic acids is 3. The number of ether oxygens (including phenoxy) is 1. The van der Waals surface area contributed by atoms with Gasteiger partial charge < -0.3 is 10.5 Å². The number of β-lactam (4-membered cyclic amide) rings is 1. The first kappa shape index (κ1) is 21.7. The molecule has 0 spiro atoms. The lowest BCUT2D eigenvalue weighted by Crippen LogP contribution is -2.68. The van der Waals surface area contributed by atoms with E-state index in [-0.39, 0.29) is 22.1 Å². The van der Waals surface area contributed by atoms with Crippen molar-refractivity contribution in [2.75, 3.05) is 11.5 Å². The SMILES string of the molecule is CCSC(=O)C1=C(C(=O)OC(c2ccccc2)c2ccccc2)N2C(=O)C(N)[C@@H]2SC1. The predicted molar refractivity (Wildman–Crippen MR) is 122 cm³/mol. The van der Waals surface area contributed by atoms with Gasteiger partial charge in [-0.05, 0) is 16.9 Å². The molecule has 6 nitrogen and oxygen atoms in total. The Kier molecular flexibility index (Phi) is 6.50. The minimum absolute atomic E-state index is 0.0262. The largest absolute Gasteiger partial charge is 0.448 e. The number of amides is 1. The summed E-state index contributed by atoms with van der Waals surface area (Å²) in [6.07, 6.45) is -0.671. The predicted octanol–water partition coefficient (Wildman–Crippen LogP) is 3.10. The molecule has 2 heterocycles. The van der Waals surface area contributed by atoms with Crippen LogP contribution in [0.4, 0.5) is 0 Å². The van der Waals surface area contributed by atoms with Crippen molar-refractivity contribution >= 4 is 40.5 Å². The van der Waals surface area contributed by atoms with E-state index in [1.54, 1.807) is 0 Å². The van der Waals surface area contributed by atoms with Gasteiger partial charge in [-0.1, -0.05) is 79.3 Å². The minimum atomic E-state index is -0.691. The number of carbonyl (C=O) groups is 3. The molecule has 4 rings (SSSR count). The van der Waals surface area contributed by atoms with Gasteiger partial charge in [0.05, 0.1) is 0 Å². The third-order valence-electron chi connectivity index (χ3n) is 5.15. The lowest BCUT2D eigenvalue weighted by Gasteiger charge is -2.48. The minimum Gasteiger partial charge on any atom is -0.448 e. The fraction of sp³-hybridized carbons (Fsp3) is 0.261. The normalized spacial score (nSPS) is 20.4. The molecule has 1 fully saturated rings. The van der Waals surface area contributed by atoms with Crippen LogP contribution in [-0.2, 0) is 19.1 Å². The molecule has 2 atom stereocenters. The number of esters is 1. The van der Waals surface area contributed by atoms with Gasteiger partial charge in [-0.3, -0.25) is 14.5 Å². The van der Waals surface area contributed by atoms with Crippen LogP contribution in [0, 0.1) is 0 Å². The third-order valence-corrected chi connectivity index (χ3v) is 7.25. The second kappa shape index (κ2) is 9.30. The van der Waals surface area contributed by atoms with Crippen molar-refractivity contribution in [2.45, 2.75) is 24.4 Å². The Balaban J connectivity index is 1.72. The number of rotatable bonds is 6. The fourth-order valence-corrected chi connectivity index (χ4v) is 5.61. The number of fused-ring (bicyclic) bond motifs is 1. The maximum absolute atomic E-state index is 13.4. The average molecular weight is 455 g/mol. The van der Waals surface area contributed by atoms with Gasteiger partial charge in [-0.2, -0.15) is 0 Å². The zero-order valence-electron chi connectivity index (χ0n) is 16.9. The van der Waals surface area contributed by atoms with Crippen LogP contribution in [0.3, 0.4) is 0 Å². The summed E-state index contributed by atoms with van der Waals surface area (Å²) in [5.74, 6) is -0.168. The molecule has 8 heteroatoms. The summed E-state index contributed by atoms with van der Waals surface area (Å²) in [5, 5.41) is -0.574. The van der Waals surface area contributed by atoms with E-state index >= 15 is 0 Å². The van der Waals surface area contributed by atoms with E-state index in [0.717, 1.165) is 22.9 Å². The Bertz CT molecular complexity index is 987. The highest BCUT2D eigenvalue weighted by Crippen LogP contribution is 2.41. The molecule has 2 aliphatic heterocycles. The van der Waals surface area contributed by atoms with Gasteiger partial charge in [0.1, 0.15) is 17.1 Å². The number of benzene rings is 2. The van der Waals surface area contributed by atoms with E-state index in [2.05, 4.69) is 0 Å². The van der Waals surface area contributed by atoms with Gasteiger partial charge in [-0.25, -0.2) is 4.79 Å². The molecule has 2 aromatic rings. The highest BCUT2D eigenvalue weighted by Gasteiger charge is 2.53. The molecule has 2 aromatic carbocycles. The van der Waals surface area contributed by atoms with Crippen molar-refractivity contribution in [3.05, 3.63) is 83.1 Å². The summed E-state index contributed by atoms with van der Waals surface area (Å²) >= 11 is 2.51. The van der Waals surface area contributed by atoms with Gasteiger partial charge in [0.25, 0.3) is 0 Å². The van der Waals surface area contributed by atoms with Crippen LogP contribution in [0.1, 0.15) is 24.2 Å². The first-order valence-electron chi connectivity index (χ1n) is 9.94. The summed E-state index contributed by atoms with van der Waals surface area (Å²) in [7, 11) is 0. The molecular weight excluding hydrogens is 432 g/mol. The van der Waals surface area contributed by atoms with Crippen LogP contribution >= 0.6 is 23.5 Å². The lowest BCUT2D eigenvalue weighted by molar-refractivity contribution is -0.153. The van der Waals surface area contributed by atoms with Crippen LogP contribution in [0.15, 0.2) is 71.9 Å². The quantitative estimate of drug-likeness (QED) is 0.530. The number of thioether (sulfide) groups is 2. The number of nitrogens with two attached hydrogens (primary N) is 1. The van der Waals surface area contributed by atoms with Gasteiger partial charge in [0, 0.05) is 11.3 Å². The zero-order chi connectivity index (χ0) is 22.0. The van der Waals surface area contributed by atoms with Gasteiger partial charge in [0.2, 0.25) is 11.0 Å². The molecular formula is C23H22N2O4S2. The Morgan fingerprint density at radius 2 is 1.71 bits per heavy atom. The Hall–Kier alpha value is -2.55. The zero-order valence-corrected chi connectivity index (χ0v) is 18.5. The van der Waals surface area contributed by atoms with Crippen LogP contribution in [0.25, 0.3) is 0 Å². The number of hydrogen-bond acceptors (Lipinski definition) is 7. The van der Waals surface area contributed by atoms with E-state index < -0.39 is 18.1 Å². The molecule has 31 heavy (non-hydrogen) atoms. The summed E-state index contributed by atoms with van der Waals surface area (Å²) < 4.78 is 5.95. The summed E-state index contributed by atoms with van der Waals surface area (Å²) in [4.78, 5) is 40.0. The monoisotopic (exact) mass is 454 g/mol. The Morgan fingerprint density at radius 3 is 2.26 bits per heavy atom. The molecule has 2 aliphatic rings. The van der Waals surface area contributed by atoms with Crippen molar-refractivity contribution in [3.8, 4) is 0 Å². The highest BCUT2D eigenvalue weighted by atomic mass is 32.2. The summed E-state index contributed by atoms with van der Waals surface area (Å²) in [5.41, 5.74) is 7.85. The Labute approximate surface area is 189 Å². The topological polar surface area (TPSA) is 89.7 Å². The summed E-state index contributed by atoms with van der Waals surface area (Å²) in [6, 6.07) is 18.1. The van der Waals surface area contributed by atoms with E-state index in [1.807, 2.05) is 67.6 Å². The van der Waals surface area contributed by atoms with Crippen molar-refractivity contribution in [1.82, 2.24) is 4.90 Å². The molecule has 1 unspecified atom stereocenters. The molecule has 0 bridgehead atoms. The third kappa shape index (κ3) is 4.15. The Morgan fingerprint density at radius 1 is 1.13 bits per heavy atom. The van der Waals surface area contributed by atoms with Crippen LogP contribution < -0.4 is 5.73 Å². The van der Waals surface area contributed by atoms with Gasteiger partial charge in [-0.15, -0.1) is 11.8 Å². The molecule has 0 aromatic heterocycles.